The van der Waals surface area contributed by atoms with Crippen LogP contribution in [0.2, 0.25) is 0 Å². The van der Waals surface area contributed by atoms with E-state index in [-0.39, 0.29) is 22.8 Å². The molecule has 2 aromatic rings. The quantitative estimate of drug-likeness (QED) is 0.367. The first-order valence-corrected chi connectivity index (χ1v) is 7.81. The number of carbonyl (C=O) groups is 3. The van der Waals surface area contributed by atoms with Crippen LogP contribution < -0.4 is 14.9 Å². The van der Waals surface area contributed by atoms with E-state index in [1.54, 1.807) is 12.1 Å². The normalized spacial score (nSPS) is 10.4. The van der Waals surface area contributed by atoms with Crippen LogP contribution in [0.25, 0.3) is 0 Å². The average molecular weight is 388 g/mol. The second kappa shape index (κ2) is 9.57. The Morgan fingerprint density at radius 1 is 0.964 bits per heavy atom. The van der Waals surface area contributed by atoms with Gasteiger partial charge in [-0.05, 0) is 35.9 Å². The Bertz CT molecular complexity index is 910. The van der Waals surface area contributed by atoms with Crippen molar-refractivity contribution in [2.45, 2.75) is 0 Å². The van der Waals surface area contributed by atoms with Crippen molar-refractivity contribution in [1.82, 2.24) is 5.43 Å². The van der Waals surface area contributed by atoms with Crippen molar-refractivity contribution < 1.29 is 39.2 Å². The fraction of sp³-hybridized carbons (Fsp3) is 0.111. The molecule has 0 heterocycles. The van der Waals surface area contributed by atoms with E-state index in [4.69, 9.17) is 19.7 Å². The van der Waals surface area contributed by atoms with E-state index in [0.717, 1.165) is 0 Å². The minimum Gasteiger partial charge on any atom is -0.507 e. The summed E-state index contributed by atoms with van der Waals surface area (Å²) in [5, 5.41) is 30.8. The van der Waals surface area contributed by atoms with Crippen LogP contribution >= 0.6 is 0 Å². The Kier molecular flexibility index (Phi) is 6.92. The first-order chi connectivity index (χ1) is 13.4. The maximum atomic E-state index is 12.0. The SMILES string of the molecule is O=C(O)COc1ccc(/C=N/NC(=O)c2ccccc2O)cc1OCC(=O)O. The van der Waals surface area contributed by atoms with Crippen LogP contribution in [-0.2, 0) is 9.59 Å². The first kappa shape index (κ1) is 20.2. The molecule has 10 nitrogen and oxygen atoms in total. The number of amides is 1. The molecule has 0 fully saturated rings. The lowest BCUT2D eigenvalue weighted by atomic mass is 10.2. The van der Waals surface area contributed by atoms with Gasteiger partial charge in [0.05, 0.1) is 11.8 Å². The van der Waals surface area contributed by atoms with Crippen LogP contribution in [0.5, 0.6) is 17.2 Å². The number of nitrogens with zero attached hydrogens (tertiary/aromatic N) is 1. The van der Waals surface area contributed by atoms with Crippen molar-refractivity contribution in [3.8, 4) is 17.2 Å². The zero-order chi connectivity index (χ0) is 20.5. The van der Waals surface area contributed by atoms with E-state index in [1.165, 1.54) is 36.5 Å². The Balaban J connectivity index is 2.11. The fourth-order valence-corrected chi connectivity index (χ4v) is 2.01. The summed E-state index contributed by atoms with van der Waals surface area (Å²) in [6.45, 7) is -1.29. The average Bonchev–Trinajstić information content (AvgIpc) is 2.65. The molecule has 0 unspecified atom stereocenters. The monoisotopic (exact) mass is 388 g/mol. The predicted molar refractivity (Wildman–Crippen MR) is 95.9 cm³/mol. The number of nitrogens with one attached hydrogen (secondary N) is 1. The largest absolute Gasteiger partial charge is 0.507 e. The molecule has 0 saturated heterocycles. The summed E-state index contributed by atoms with van der Waals surface area (Å²) in [4.78, 5) is 33.3. The number of rotatable bonds is 9. The number of carbonyl (C=O) groups excluding carboxylic acids is 1. The van der Waals surface area contributed by atoms with Crippen LogP contribution in [0.3, 0.4) is 0 Å². The number of ether oxygens (including phenoxy) is 2. The number of hydrazone groups is 1. The molecule has 1 amide bonds. The molecular formula is C18H16N2O8. The lowest BCUT2D eigenvalue weighted by Gasteiger charge is -2.11. The number of carboxylic acid groups (broad SMARTS) is 2. The highest BCUT2D eigenvalue weighted by molar-refractivity contribution is 5.97. The van der Waals surface area contributed by atoms with Gasteiger partial charge < -0.3 is 24.8 Å². The van der Waals surface area contributed by atoms with Crippen molar-refractivity contribution in [3.63, 3.8) is 0 Å². The molecule has 2 rings (SSSR count). The molecular weight excluding hydrogens is 372 g/mol. The third-order valence-electron chi connectivity index (χ3n) is 3.20. The van der Waals surface area contributed by atoms with Crippen LogP contribution in [0.4, 0.5) is 0 Å². The highest BCUT2D eigenvalue weighted by atomic mass is 16.5. The van der Waals surface area contributed by atoms with Crippen molar-refractivity contribution in [3.05, 3.63) is 53.6 Å². The molecule has 0 aliphatic heterocycles. The minimum absolute atomic E-state index is 0.000342. The van der Waals surface area contributed by atoms with Gasteiger partial charge in [-0.1, -0.05) is 12.1 Å². The number of aliphatic carboxylic acids is 2. The Morgan fingerprint density at radius 2 is 1.61 bits per heavy atom. The topological polar surface area (TPSA) is 155 Å². The molecule has 28 heavy (non-hydrogen) atoms. The lowest BCUT2D eigenvalue weighted by Crippen LogP contribution is -2.17. The molecule has 0 aromatic heterocycles. The van der Waals surface area contributed by atoms with E-state index < -0.39 is 31.1 Å². The number of carboxylic acids is 2. The smallest absolute Gasteiger partial charge is 0.341 e. The van der Waals surface area contributed by atoms with Crippen molar-refractivity contribution in [2.75, 3.05) is 13.2 Å². The molecule has 0 saturated carbocycles. The summed E-state index contributed by atoms with van der Waals surface area (Å²) < 4.78 is 10.1. The van der Waals surface area contributed by atoms with Gasteiger partial charge in [0.25, 0.3) is 5.91 Å². The number of phenols is 1. The second-order valence-corrected chi connectivity index (χ2v) is 5.29. The fourth-order valence-electron chi connectivity index (χ4n) is 2.01. The number of aromatic hydroxyl groups is 1. The molecule has 0 radical (unpaired) electrons. The third-order valence-corrected chi connectivity index (χ3v) is 3.20. The van der Waals surface area contributed by atoms with Gasteiger partial charge in [-0.3, -0.25) is 4.79 Å². The number of para-hydroxylation sites is 1. The summed E-state index contributed by atoms with van der Waals surface area (Å²) >= 11 is 0. The lowest BCUT2D eigenvalue weighted by molar-refractivity contribution is -0.140. The van der Waals surface area contributed by atoms with Gasteiger partial charge in [-0.15, -0.1) is 0 Å². The summed E-state index contributed by atoms with van der Waals surface area (Å²) in [6, 6.07) is 10.2. The predicted octanol–water partition coefficient (Wildman–Crippen LogP) is 1.08. The Labute approximate surface area is 158 Å². The van der Waals surface area contributed by atoms with Crippen LogP contribution in [0, 0.1) is 0 Å². The van der Waals surface area contributed by atoms with Crippen LogP contribution in [0.15, 0.2) is 47.6 Å². The number of hydrogen-bond donors (Lipinski definition) is 4. The number of benzene rings is 2. The minimum atomic E-state index is -1.22. The van der Waals surface area contributed by atoms with Gasteiger partial charge in [0.2, 0.25) is 0 Å². The van der Waals surface area contributed by atoms with E-state index in [0.29, 0.717) is 5.56 Å². The first-order valence-electron chi connectivity index (χ1n) is 7.81. The van der Waals surface area contributed by atoms with E-state index in [2.05, 4.69) is 10.5 Å². The molecule has 4 N–H and O–H groups in total. The summed E-state index contributed by atoms with van der Waals surface area (Å²) in [5.41, 5.74) is 2.70. The van der Waals surface area contributed by atoms with Gasteiger partial charge in [0, 0.05) is 0 Å². The maximum absolute atomic E-state index is 12.0. The number of phenolic OH excluding ortho intramolecular Hbond substituents is 1. The molecule has 2 aromatic carbocycles. The summed E-state index contributed by atoms with van der Waals surface area (Å²) in [7, 11) is 0. The van der Waals surface area contributed by atoms with Crippen molar-refractivity contribution >= 4 is 24.1 Å². The molecule has 0 aliphatic carbocycles. The Hall–Kier alpha value is -4.08. The molecule has 10 heteroatoms. The van der Waals surface area contributed by atoms with Gasteiger partial charge in [-0.2, -0.15) is 5.10 Å². The van der Waals surface area contributed by atoms with E-state index in [9.17, 15) is 19.5 Å². The van der Waals surface area contributed by atoms with Gasteiger partial charge >= 0.3 is 11.9 Å². The summed E-state index contributed by atoms with van der Waals surface area (Å²) in [5.74, 6) is -3.21. The highest BCUT2D eigenvalue weighted by Crippen LogP contribution is 2.28. The van der Waals surface area contributed by atoms with E-state index >= 15 is 0 Å². The highest BCUT2D eigenvalue weighted by Gasteiger charge is 2.11. The maximum Gasteiger partial charge on any atom is 0.341 e. The second-order valence-electron chi connectivity index (χ2n) is 5.29. The van der Waals surface area contributed by atoms with Gasteiger partial charge in [0.15, 0.2) is 24.7 Å². The Morgan fingerprint density at radius 3 is 2.25 bits per heavy atom. The van der Waals surface area contributed by atoms with Crippen molar-refractivity contribution in [2.24, 2.45) is 5.10 Å². The standard InChI is InChI=1S/C18H16N2O8/c21-13-4-2-1-3-12(13)18(26)20-19-8-11-5-6-14(27-9-16(22)23)15(7-11)28-10-17(24)25/h1-8,21H,9-10H2,(H,20,26)(H,22,23)(H,24,25)/b19-8+. The zero-order valence-corrected chi connectivity index (χ0v) is 14.4. The molecule has 0 spiro atoms. The van der Waals surface area contributed by atoms with Gasteiger partial charge in [-0.25, -0.2) is 15.0 Å². The molecule has 0 aliphatic rings. The van der Waals surface area contributed by atoms with Gasteiger partial charge in [0.1, 0.15) is 5.75 Å². The van der Waals surface area contributed by atoms with Crippen LogP contribution in [0.1, 0.15) is 15.9 Å². The van der Waals surface area contributed by atoms with Crippen LogP contribution in [-0.4, -0.2) is 52.6 Å². The third kappa shape index (κ3) is 6.02. The van der Waals surface area contributed by atoms with E-state index in [1.807, 2.05) is 0 Å². The zero-order valence-electron chi connectivity index (χ0n) is 14.4. The molecule has 0 atom stereocenters. The summed E-state index contributed by atoms with van der Waals surface area (Å²) in [6.07, 6.45) is 1.26. The number of hydrogen-bond acceptors (Lipinski definition) is 7. The molecule has 146 valence electrons. The molecule has 0 bridgehead atoms. The van der Waals surface area contributed by atoms with Crippen molar-refractivity contribution in [1.29, 1.82) is 0 Å².